The average Bonchev–Trinajstić information content (AvgIpc) is 2.62. The first-order chi connectivity index (χ1) is 11.9. The summed E-state index contributed by atoms with van der Waals surface area (Å²) in [6.07, 6.45) is 20.8. The number of benzene rings is 1. The zero-order valence-electron chi connectivity index (χ0n) is 15.9. The van der Waals surface area contributed by atoms with E-state index in [9.17, 15) is 0 Å². The zero-order chi connectivity index (χ0) is 17.3. The number of hydrogen-bond acceptors (Lipinski definition) is 2. The van der Waals surface area contributed by atoms with Gasteiger partial charge < -0.3 is 0 Å². The van der Waals surface area contributed by atoms with Crippen LogP contribution < -0.4 is 5.48 Å². The normalized spacial score (nSPS) is 10.9. The maximum atomic E-state index is 8.91. The van der Waals surface area contributed by atoms with Crippen LogP contribution in [0.4, 0.5) is 5.69 Å². The smallest absolute Gasteiger partial charge is 0.0604 e. The molecule has 0 fully saturated rings. The SMILES string of the molecule is CCCCCCCCCCCCCCCCc1cccc(NO)c1. The lowest BCUT2D eigenvalue weighted by Gasteiger charge is -2.05. The Morgan fingerprint density at radius 2 is 1.21 bits per heavy atom. The third-order valence-corrected chi connectivity index (χ3v) is 4.88. The fourth-order valence-corrected chi connectivity index (χ4v) is 3.32. The molecule has 138 valence electrons. The molecular formula is C22H39NO. The Bertz CT molecular complexity index is 391. The monoisotopic (exact) mass is 333 g/mol. The Hall–Kier alpha value is -1.02. The van der Waals surface area contributed by atoms with E-state index in [1.807, 2.05) is 18.2 Å². The highest BCUT2D eigenvalue weighted by Crippen LogP contribution is 2.15. The molecule has 24 heavy (non-hydrogen) atoms. The number of nitrogens with one attached hydrogen (secondary N) is 1. The van der Waals surface area contributed by atoms with E-state index in [4.69, 9.17) is 5.21 Å². The summed E-state index contributed by atoms with van der Waals surface area (Å²) in [5.74, 6) is 0. The molecule has 0 aliphatic carbocycles. The molecule has 2 nitrogen and oxygen atoms in total. The summed E-state index contributed by atoms with van der Waals surface area (Å²) < 4.78 is 0. The first-order valence-corrected chi connectivity index (χ1v) is 10.4. The van der Waals surface area contributed by atoms with Gasteiger partial charge in [-0.1, -0.05) is 103 Å². The fourth-order valence-electron chi connectivity index (χ4n) is 3.32. The quantitative estimate of drug-likeness (QED) is 0.242. The van der Waals surface area contributed by atoms with Gasteiger partial charge in [0.15, 0.2) is 0 Å². The Kier molecular flexibility index (Phi) is 13.6. The highest BCUT2D eigenvalue weighted by atomic mass is 16.5. The van der Waals surface area contributed by atoms with Crippen LogP contribution in [0.25, 0.3) is 0 Å². The van der Waals surface area contributed by atoms with Crippen molar-refractivity contribution in [2.75, 3.05) is 5.48 Å². The van der Waals surface area contributed by atoms with Crippen molar-refractivity contribution in [3.63, 3.8) is 0 Å². The number of unbranched alkanes of at least 4 members (excludes halogenated alkanes) is 13. The maximum Gasteiger partial charge on any atom is 0.0604 e. The second kappa shape index (κ2) is 15.5. The minimum Gasteiger partial charge on any atom is -0.291 e. The van der Waals surface area contributed by atoms with Gasteiger partial charge in [0.1, 0.15) is 0 Å². The van der Waals surface area contributed by atoms with Crippen molar-refractivity contribution in [1.82, 2.24) is 0 Å². The molecule has 0 radical (unpaired) electrons. The molecule has 0 aliphatic heterocycles. The second-order valence-electron chi connectivity index (χ2n) is 7.16. The van der Waals surface area contributed by atoms with Crippen LogP contribution in [-0.4, -0.2) is 5.21 Å². The predicted octanol–water partition coefficient (Wildman–Crippen LogP) is 7.51. The van der Waals surface area contributed by atoms with Crippen molar-refractivity contribution in [3.05, 3.63) is 29.8 Å². The molecular weight excluding hydrogens is 294 g/mol. The van der Waals surface area contributed by atoms with Gasteiger partial charge in [0.05, 0.1) is 5.69 Å². The molecule has 0 saturated heterocycles. The highest BCUT2D eigenvalue weighted by molar-refractivity contribution is 5.43. The molecule has 2 N–H and O–H groups in total. The summed E-state index contributed by atoms with van der Waals surface area (Å²) in [4.78, 5) is 0. The highest BCUT2D eigenvalue weighted by Gasteiger charge is 1.97. The lowest BCUT2D eigenvalue weighted by Crippen LogP contribution is -1.91. The number of aryl methyl sites for hydroxylation is 1. The molecule has 0 aliphatic rings. The van der Waals surface area contributed by atoms with Gasteiger partial charge in [-0.25, -0.2) is 0 Å². The van der Waals surface area contributed by atoms with Crippen molar-refractivity contribution in [1.29, 1.82) is 0 Å². The predicted molar refractivity (Wildman–Crippen MR) is 106 cm³/mol. The van der Waals surface area contributed by atoms with Gasteiger partial charge in [0.2, 0.25) is 0 Å². The van der Waals surface area contributed by atoms with Crippen molar-refractivity contribution in [2.45, 2.75) is 103 Å². The number of rotatable bonds is 16. The standard InChI is InChI=1S/C22H39NO/c1-2-3-4-5-6-7-8-9-10-11-12-13-14-15-17-21-18-16-19-22(20-21)23-24/h16,18-20,23-24H,2-15,17H2,1H3. The molecule has 1 aromatic rings. The molecule has 0 saturated carbocycles. The van der Waals surface area contributed by atoms with E-state index in [1.54, 1.807) is 0 Å². The zero-order valence-corrected chi connectivity index (χ0v) is 15.9. The minimum absolute atomic E-state index is 0.790. The maximum absolute atomic E-state index is 8.91. The van der Waals surface area contributed by atoms with Gasteiger partial charge in [0, 0.05) is 0 Å². The lowest BCUT2D eigenvalue weighted by molar-refractivity contribution is 0.389. The molecule has 1 aromatic carbocycles. The topological polar surface area (TPSA) is 32.3 Å². The minimum atomic E-state index is 0.790. The average molecular weight is 334 g/mol. The molecule has 2 heteroatoms. The van der Waals surface area contributed by atoms with Crippen LogP contribution >= 0.6 is 0 Å². The fraction of sp³-hybridized carbons (Fsp3) is 0.727. The second-order valence-corrected chi connectivity index (χ2v) is 7.16. The van der Waals surface area contributed by atoms with E-state index in [1.165, 1.54) is 95.5 Å². The van der Waals surface area contributed by atoms with Crippen LogP contribution in [0, 0.1) is 0 Å². The summed E-state index contributed by atoms with van der Waals surface area (Å²) in [7, 11) is 0. The summed E-state index contributed by atoms with van der Waals surface area (Å²) in [6, 6.07) is 8.05. The summed E-state index contributed by atoms with van der Waals surface area (Å²) in [5, 5.41) is 8.91. The van der Waals surface area contributed by atoms with E-state index in [0.29, 0.717) is 0 Å². The van der Waals surface area contributed by atoms with Gasteiger partial charge >= 0.3 is 0 Å². The van der Waals surface area contributed by atoms with E-state index >= 15 is 0 Å². The molecule has 1 rings (SSSR count). The molecule has 0 amide bonds. The summed E-state index contributed by atoms with van der Waals surface area (Å²) in [5.41, 5.74) is 4.32. The van der Waals surface area contributed by atoms with Gasteiger partial charge in [-0.2, -0.15) is 0 Å². The van der Waals surface area contributed by atoms with Gasteiger partial charge in [-0.3, -0.25) is 10.7 Å². The van der Waals surface area contributed by atoms with E-state index in [-0.39, 0.29) is 0 Å². The van der Waals surface area contributed by atoms with Crippen molar-refractivity contribution >= 4 is 5.69 Å². The van der Waals surface area contributed by atoms with E-state index in [2.05, 4.69) is 18.5 Å². The Morgan fingerprint density at radius 1 is 0.708 bits per heavy atom. The van der Waals surface area contributed by atoms with Crippen molar-refractivity contribution < 1.29 is 5.21 Å². The third kappa shape index (κ3) is 11.5. The van der Waals surface area contributed by atoms with Crippen molar-refractivity contribution in [2.24, 2.45) is 0 Å². The molecule has 0 aromatic heterocycles. The summed E-state index contributed by atoms with van der Waals surface area (Å²) in [6.45, 7) is 2.28. The van der Waals surface area contributed by atoms with Crippen molar-refractivity contribution in [3.8, 4) is 0 Å². The first kappa shape index (κ1) is 21.0. The largest absolute Gasteiger partial charge is 0.291 e. The van der Waals surface area contributed by atoms with Crippen LogP contribution in [0.5, 0.6) is 0 Å². The van der Waals surface area contributed by atoms with Gasteiger partial charge in [-0.05, 0) is 30.5 Å². The molecule has 0 atom stereocenters. The molecule has 0 spiro atoms. The van der Waals surface area contributed by atoms with Crippen LogP contribution in [0.1, 0.15) is 102 Å². The number of anilines is 1. The van der Waals surface area contributed by atoms with Crippen LogP contribution in [0.2, 0.25) is 0 Å². The third-order valence-electron chi connectivity index (χ3n) is 4.88. The van der Waals surface area contributed by atoms with E-state index < -0.39 is 0 Å². The Morgan fingerprint density at radius 3 is 1.71 bits per heavy atom. The first-order valence-electron chi connectivity index (χ1n) is 10.4. The Balaban J connectivity index is 1.82. The molecule has 0 heterocycles. The van der Waals surface area contributed by atoms with Crippen LogP contribution in [0.15, 0.2) is 24.3 Å². The molecule has 0 unspecified atom stereocenters. The summed E-state index contributed by atoms with van der Waals surface area (Å²) >= 11 is 0. The van der Waals surface area contributed by atoms with Crippen LogP contribution in [0.3, 0.4) is 0 Å². The van der Waals surface area contributed by atoms with Gasteiger partial charge in [0.25, 0.3) is 0 Å². The Labute approximate surface area is 150 Å². The lowest BCUT2D eigenvalue weighted by atomic mass is 10.0. The number of hydrogen-bond donors (Lipinski definition) is 2. The molecule has 0 bridgehead atoms. The van der Waals surface area contributed by atoms with Gasteiger partial charge in [-0.15, -0.1) is 0 Å². The van der Waals surface area contributed by atoms with E-state index in [0.717, 1.165) is 12.1 Å². The van der Waals surface area contributed by atoms with Crippen LogP contribution in [-0.2, 0) is 6.42 Å².